The summed E-state index contributed by atoms with van der Waals surface area (Å²) in [5, 5.41) is 46.5. The lowest BCUT2D eigenvalue weighted by Gasteiger charge is -2.49. The third-order valence-corrected chi connectivity index (χ3v) is 13.2. The molecule has 13 nitrogen and oxygen atoms in total. The summed E-state index contributed by atoms with van der Waals surface area (Å²) < 4.78 is 45.7. The second-order valence-electron chi connectivity index (χ2n) is 18.0. The molecule has 19 atom stereocenters. The summed E-state index contributed by atoms with van der Waals surface area (Å²) in [4.78, 5) is 14.2. The number of ether oxygens (including phenoxy) is 7. The fourth-order valence-corrected chi connectivity index (χ4v) is 9.85. The summed E-state index contributed by atoms with van der Waals surface area (Å²) in [7, 11) is 5.64. The summed E-state index contributed by atoms with van der Waals surface area (Å²) >= 11 is 0. The molecule has 0 aromatic heterocycles. The van der Waals surface area contributed by atoms with E-state index in [9.17, 15) is 25.2 Å². The molecule has 308 valence electrons. The van der Waals surface area contributed by atoms with Gasteiger partial charge in [0, 0.05) is 31.8 Å². The number of esters is 1. The Hall–Kier alpha value is -1.23. The van der Waals surface area contributed by atoms with Gasteiger partial charge in [0.15, 0.2) is 18.7 Å². The Morgan fingerprint density at radius 2 is 1.60 bits per heavy atom. The van der Waals surface area contributed by atoms with E-state index >= 15 is 0 Å². The van der Waals surface area contributed by atoms with Gasteiger partial charge in [0.25, 0.3) is 0 Å². The van der Waals surface area contributed by atoms with E-state index < -0.39 is 102 Å². The molecule has 4 aliphatic heterocycles. The molecule has 13 heteroatoms. The fourth-order valence-electron chi connectivity index (χ4n) is 9.85. The van der Waals surface area contributed by atoms with Crippen LogP contribution in [-0.2, 0) is 38.0 Å². The molecule has 0 saturated carbocycles. The van der Waals surface area contributed by atoms with Crippen LogP contribution in [-0.4, -0.2) is 149 Å². The zero-order valence-corrected chi connectivity index (χ0v) is 34.6. The number of rotatable bonds is 9. The number of carbonyl (C=O) groups is 1. The van der Waals surface area contributed by atoms with Crippen molar-refractivity contribution in [1.29, 1.82) is 0 Å². The Kier molecular flexibility index (Phi) is 14.0. The van der Waals surface area contributed by atoms with Gasteiger partial charge in [-0.05, 0) is 66.4 Å². The molecule has 4 aliphatic rings. The molecule has 0 aliphatic carbocycles. The molecule has 0 aromatic rings. The molecule has 0 aromatic carbocycles. The summed E-state index contributed by atoms with van der Waals surface area (Å²) in [5.74, 6) is -2.78. The maximum Gasteiger partial charge on any atom is 0.311 e. The minimum absolute atomic E-state index is 0.0698. The minimum Gasteiger partial charge on any atom is -0.459 e. The highest BCUT2D eigenvalue weighted by atomic mass is 16.7. The molecule has 53 heavy (non-hydrogen) atoms. The van der Waals surface area contributed by atoms with Crippen molar-refractivity contribution < 1.29 is 62.9 Å². The van der Waals surface area contributed by atoms with Crippen molar-refractivity contribution in [3.63, 3.8) is 0 Å². The van der Waals surface area contributed by atoms with Gasteiger partial charge in [-0.1, -0.05) is 34.3 Å². The van der Waals surface area contributed by atoms with Crippen LogP contribution in [0.25, 0.3) is 0 Å². The monoisotopic (exact) mass is 759 g/mol. The number of methoxy groups -OCH3 is 1. The van der Waals surface area contributed by atoms with Crippen molar-refractivity contribution in [1.82, 2.24) is 0 Å². The van der Waals surface area contributed by atoms with Crippen LogP contribution in [0, 0.1) is 23.7 Å². The van der Waals surface area contributed by atoms with Crippen LogP contribution in [0.15, 0.2) is 12.7 Å². The standard InChI is InChI=1S/C40H72NO12/c1-15-17-41(12,13)27-18-22(4)48-37(30(27)42)52-35-24(6)32(51-29-20-38(9,47-14)34(44)26(8)49-29)25(7)36(45)50-28(16-2)40(11,46)33(43)23(5)31-21(3)19-39(35,10)53-31/h15,21-35,37,42-44,46H,1,16-20H2,2-14H3/q+1/t21-,22-,23+,24+,25-,26+,27+,28-,29+,30-,31-,32+,33-,34+,35-,37+,38-,39-,40-/m1/s1. The highest BCUT2D eigenvalue weighted by Crippen LogP contribution is 2.48. The van der Waals surface area contributed by atoms with Gasteiger partial charge in [0.1, 0.15) is 23.9 Å². The van der Waals surface area contributed by atoms with E-state index in [0.29, 0.717) is 23.9 Å². The molecule has 0 unspecified atom stereocenters. The lowest BCUT2D eigenvalue weighted by Crippen LogP contribution is -2.64. The first-order chi connectivity index (χ1) is 24.5. The van der Waals surface area contributed by atoms with Crippen LogP contribution >= 0.6 is 0 Å². The van der Waals surface area contributed by atoms with Crippen LogP contribution in [0.4, 0.5) is 0 Å². The molecule has 0 amide bonds. The first-order valence-electron chi connectivity index (χ1n) is 19.7. The molecule has 0 radical (unpaired) electrons. The molecule has 4 saturated heterocycles. The van der Waals surface area contributed by atoms with Crippen molar-refractivity contribution in [3.05, 3.63) is 12.7 Å². The average Bonchev–Trinajstić information content (AvgIpc) is 3.40. The number of likely N-dealkylation sites (N-methyl/N-ethyl adjacent to an activating group) is 1. The Morgan fingerprint density at radius 3 is 2.19 bits per heavy atom. The van der Waals surface area contributed by atoms with Gasteiger partial charge in [-0.25, -0.2) is 0 Å². The average molecular weight is 759 g/mol. The Balaban J connectivity index is 1.85. The van der Waals surface area contributed by atoms with Gasteiger partial charge >= 0.3 is 5.97 Å². The summed E-state index contributed by atoms with van der Waals surface area (Å²) in [6.45, 7) is 22.9. The second-order valence-corrected chi connectivity index (χ2v) is 18.0. The maximum absolute atomic E-state index is 14.2. The fraction of sp³-hybridized carbons (Fsp3) is 0.925. The van der Waals surface area contributed by atoms with Gasteiger partial charge in [-0.2, -0.15) is 0 Å². The molecule has 4 heterocycles. The van der Waals surface area contributed by atoms with Gasteiger partial charge in [0.2, 0.25) is 0 Å². The second kappa shape index (κ2) is 16.7. The summed E-state index contributed by atoms with van der Waals surface area (Å²) in [5.41, 5.74) is -3.80. The Bertz CT molecular complexity index is 1250. The van der Waals surface area contributed by atoms with Crippen molar-refractivity contribution in [2.45, 2.75) is 185 Å². The SMILES string of the molecule is C=CC[N+](C)(C)[C@H]1C[C@@H](C)O[C@@H](O[C@@H]2[C@@H](C)[C@H](O[C@H]3C[C@@](C)(OC)[C@@H](O)[C@H](C)O3)[C@@H](C)C(=O)O[C@H](CC)[C@@](C)(O)[C@H](O)[C@@H](C)[C@@H]3O[C@]2(C)C[C@H]3C)[C@@H]1O. The number of fused-ring (bicyclic) bond motifs is 2. The van der Waals surface area contributed by atoms with E-state index in [1.54, 1.807) is 27.7 Å². The number of hydrogen-bond acceptors (Lipinski definition) is 12. The van der Waals surface area contributed by atoms with E-state index in [1.165, 1.54) is 14.0 Å². The number of carbonyl (C=O) groups excluding carboxylic acids is 1. The number of aliphatic hydroxyl groups is 4. The Morgan fingerprint density at radius 1 is 0.962 bits per heavy atom. The largest absolute Gasteiger partial charge is 0.459 e. The van der Waals surface area contributed by atoms with E-state index in [1.807, 2.05) is 33.8 Å². The van der Waals surface area contributed by atoms with Crippen molar-refractivity contribution in [2.75, 3.05) is 27.7 Å². The summed E-state index contributed by atoms with van der Waals surface area (Å²) in [6, 6.07) is -0.226. The number of hydrogen-bond donors (Lipinski definition) is 4. The van der Waals surface area contributed by atoms with E-state index in [0.717, 1.165) is 0 Å². The molecule has 4 N–H and O–H groups in total. The topological polar surface area (TPSA) is 163 Å². The van der Waals surface area contributed by atoms with Gasteiger partial charge < -0.3 is 58.1 Å². The Labute approximate surface area is 317 Å². The number of quaternary nitrogens is 1. The van der Waals surface area contributed by atoms with Crippen LogP contribution in [0.2, 0.25) is 0 Å². The number of cyclic esters (lactones) is 1. The highest BCUT2D eigenvalue weighted by Gasteiger charge is 2.58. The van der Waals surface area contributed by atoms with Crippen LogP contribution < -0.4 is 0 Å². The molecular weight excluding hydrogens is 686 g/mol. The lowest BCUT2D eigenvalue weighted by molar-refractivity contribution is -0.916. The van der Waals surface area contributed by atoms with E-state index in [-0.39, 0.29) is 30.9 Å². The third-order valence-electron chi connectivity index (χ3n) is 13.2. The summed E-state index contributed by atoms with van der Waals surface area (Å²) in [6.07, 6.45) is -5.88. The maximum atomic E-state index is 14.2. The van der Waals surface area contributed by atoms with E-state index in [2.05, 4.69) is 27.6 Å². The first kappa shape index (κ1) is 44.5. The zero-order chi connectivity index (χ0) is 40.0. The van der Waals surface area contributed by atoms with Gasteiger partial charge in [0.05, 0.1) is 74.4 Å². The number of nitrogens with zero attached hydrogens (tertiary/aromatic N) is 1. The predicted molar refractivity (Wildman–Crippen MR) is 197 cm³/mol. The molecule has 4 rings (SSSR count). The third kappa shape index (κ3) is 8.86. The minimum atomic E-state index is -1.79. The zero-order valence-electron chi connectivity index (χ0n) is 34.6. The van der Waals surface area contributed by atoms with Crippen molar-refractivity contribution in [3.8, 4) is 0 Å². The molecule has 0 spiro atoms. The van der Waals surface area contributed by atoms with Crippen LogP contribution in [0.3, 0.4) is 0 Å². The quantitative estimate of drug-likeness (QED) is 0.155. The predicted octanol–water partition coefficient (Wildman–Crippen LogP) is 3.32. The van der Waals surface area contributed by atoms with Gasteiger partial charge in [-0.3, -0.25) is 4.79 Å². The molecule has 4 fully saturated rings. The van der Waals surface area contributed by atoms with Crippen LogP contribution in [0.5, 0.6) is 0 Å². The van der Waals surface area contributed by atoms with E-state index in [4.69, 9.17) is 33.2 Å². The van der Waals surface area contributed by atoms with Gasteiger partial charge in [-0.15, -0.1) is 0 Å². The normalized spacial score (nSPS) is 50.4. The van der Waals surface area contributed by atoms with Crippen LogP contribution in [0.1, 0.15) is 94.9 Å². The molecular formula is C40H72NO12+. The lowest BCUT2D eigenvalue weighted by atomic mass is 9.76. The smallest absolute Gasteiger partial charge is 0.311 e. The van der Waals surface area contributed by atoms with Crippen molar-refractivity contribution >= 4 is 5.97 Å². The van der Waals surface area contributed by atoms with Crippen molar-refractivity contribution in [2.24, 2.45) is 23.7 Å². The molecule has 2 bridgehead atoms. The highest BCUT2D eigenvalue weighted by molar-refractivity contribution is 5.73. The number of aliphatic hydroxyl groups excluding tert-OH is 3. The first-order valence-corrected chi connectivity index (χ1v) is 19.7.